The fraction of sp³-hybridized carbons (Fsp3) is 0.118. The van der Waals surface area contributed by atoms with Gasteiger partial charge in [-0.25, -0.2) is 4.98 Å². The average Bonchev–Trinajstić information content (AvgIpc) is 3.40. The van der Waals surface area contributed by atoms with Crippen molar-refractivity contribution in [1.82, 2.24) is 15.2 Å². The molecule has 0 atom stereocenters. The van der Waals surface area contributed by atoms with E-state index in [1.807, 2.05) is 42.5 Å². The molecule has 1 aromatic carbocycles. The molecule has 0 amide bonds. The van der Waals surface area contributed by atoms with Gasteiger partial charge in [-0.15, -0.1) is 10.2 Å². The second kappa shape index (κ2) is 7.54. The van der Waals surface area contributed by atoms with E-state index in [1.165, 1.54) is 11.3 Å². The third-order valence-electron chi connectivity index (χ3n) is 3.33. The van der Waals surface area contributed by atoms with Crippen LogP contribution in [-0.4, -0.2) is 15.2 Å². The molecule has 6 nitrogen and oxygen atoms in total. The number of hydrogen-bond donors (Lipinski definition) is 1. The zero-order valence-electron chi connectivity index (χ0n) is 13.1. The maximum Gasteiger partial charge on any atom is 0.206 e. The SMILES string of the molecule is c1ccc(-c2cnc(CSc3nnc(NCc4ccco4)s3)o2)cc1. The number of anilines is 1. The van der Waals surface area contributed by atoms with Gasteiger partial charge in [0, 0.05) is 5.56 Å². The molecule has 0 aliphatic rings. The molecule has 4 rings (SSSR count). The molecule has 0 radical (unpaired) electrons. The zero-order chi connectivity index (χ0) is 16.9. The van der Waals surface area contributed by atoms with Gasteiger partial charge in [-0.05, 0) is 12.1 Å². The predicted molar refractivity (Wildman–Crippen MR) is 97.4 cm³/mol. The summed E-state index contributed by atoms with van der Waals surface area (Å²) in [5.74, 6) is 2.91. The quantitative estimate of drug-likeness (QED) is 0.473. The maximum absolute atomic E-state index is 5.79. The Labute approximate surface area is 152 Å². The summed E-state index contributed by atoms with van der Waals surface area (Å²) in [5, 5.41) is 12.2. The van der Waals surface area contributed by atoms with E-state index in [0.717, 1.165) is 26.6 Å². The van der Waals surface area contributed by atoms with E-state index in [1.54, 1.807) is 24.2 Å². The van der Waals surface area contributed by atoms with Crippen molar-refractivity contribution in [2.75, 3.05) is 5.32 Å². The number of benzene rings is 1. The maximum atomic E-state index is 5.79. The van der Waals surface area contributed by atoms with Crippen molar-refractivity contribution >= 4 is 28.2 Å². The van der Waals surface area contributed by atoms with Crippen molar-refractivity contribution in [3.63, 3.8) is 0 Å². The first-order valence-electron chi connectivity index (χ1n) is 7.59. The van der Waals surface area contributed by atoms with E-state index < -0.39 is 0 Å². The third kappa shape index (κ3) is 4.09. The summed E-state index contributed by atoms with van der Waals surface area (Å²) in [7, 11) is 0. The summed E-state index contributed by atoms with van der Waals surface area (Å²) in [6, 6.07) is 13.7. The fourth-order valence-corrected chi connectivity index (χ4v) is 3.75. The Kier molecular flexibility index (Phi) is 4.80. The number of hydrogen-bond acceptors (Lipinski definition) is 8. The van der Waals surface area contributed by atoms with Gasteiger partial charge < -0.3 is 14.2 Å². The van der Waals surface area contributed by atoms with Crippen LogP contribution in [0, 0.1) is 0 Å². The summed E-state index contributed by atoms with van der Waals surface area (Å²) in [6.45, 7) is 0.590. The molecule has 3 aromatic heterocycles. The molecule has 8 heteroatoms. The Morgan fingerprint density at radius 3 is 2.84 bits per heavy atom. The lowest BCUT2D eigenvalue weighted by molar-refractivity contribution is 0.518. The fourth-order valence-electron chi connectivity index (χ4n) is 2.15. The van der Waals surface area contributed by atoms with Gasteiger partial charge in [0.25, 0.3) is 0 Å². The van der Waals surface area contributed by atoms with Crippen molar-refractivity contribution in [2.45, 2.75) is 16.6 Å². The first-order valence-corrected chi connectivity index (χ1v) is 9.40. The zero-order valence-corrected chi connectivity index (χ0v) is 14.7. The van der Waals surface area contributed by atoms with Crippen LogP contribution in [0.3, 0.4) is 0 Å². The molecule has 25 heavy (non-hydrogen) atoms. The molecule has 0 aliphatic heterocycles. The Balaban J connectivity index is 1.32. The van der Waals surface area contributed by atoms with Crippen LogP contribution in [0.1, 0.15) is 11.7 Å². The van der Waals surface area contributed by atoms with Crippen LogP contribution < -0.4 is 5.32 Å². The first-order chi connectivity index (χ1) is 12.4. The number of nitrogens with zero attached hydrogens (tertiary/aromatic N) is 3. The Bertz CT molecular complexity index is 919. The summed E-state index contributed by atoms with van der Waals surface area (Å²) in [5.41, 5.74) is 1.02. The third-order valence-corrected chi connectivity index (χ3v) is 5.33. The highest BCUT2D eigenvalue weighted by atomic mass is 32.2. The van der Waals surface area contributed by atoms with Crippen LogP contribution in [0.25, 0.3) is 11.3 Å². The monoisotopic (exact) mass is 370 g/mol. The minimum Gasteiger partial charge on any atom is -0.467 e. The molecular formula is C17H14N4O2S2. The van der Waals surface area contributed by atoms with Crippen LogP contribution in [0.15, 0.2) is 68.1 Å². The molecule has 0 saturated carbocycles. The number of thioether (sulfide) groups is 1. The normalized spacial score (nSPS) is 10.9. The Hall–Kier alpha value is -2.58. The molecule has 1 N–H and O–H groups in total. The van der Waals surface area contributed by atoms with E-state index in [2.05, 4.69) is 20.5 Å². The van der Waals surface area contributed by atoms with Crippen molar-refractivity contribution in [3.8, 4) is 11.3 Å². The number of aromatic nitrogens is 3. The van der Waals surface area contributed by atoms with E-state index in [4.69, 9.17) is 8.83 Å². The van der Waals surface area contributed by atoms with E-state index in [9.17, 15) is 0 Å². The van der Waals surface area contributed by atoms with Crippen LogP contribution >= 0.6 is 23.1 Å². The molecule has 0 spiro atoms. The highest BCUT2D eigenvalue weighted by Gasteiger charge is 2.10. The van der Waals surface area contributed by atoms with Crippen molar-refractivity contribution in [3.05, 3.63) is 66.6 Å². The number of rotatable bonds is 7. The molecule has 0 unspecified atom stereocenters. The highest BCUT2D eigenvalue weighted by Crippen LogP contribution is 2.29. The largest absolute Gasteiger partial charge is 0.467 e. The van der Waals surface area contributed by atoms with E-state index >= 15 is 0 Å². The van der Waals surface area contributed by atoms with Gasteiger partial charge in [0.05, 0.1) is 24.8 Å². The highest BCUT2D eigenvalue weighted by molar-refractivity contribution is 8.00. The Morgan fingerprint density at radius 1 is 1.08 bits per heavy atom. The van der Waals surface area contributed by atoms with Crippen LogP contribution in [0.4, 0.5) is 5.13 Å². The van der Waals surface area contributed by atoms with Gasteiger partial charge in [-0.2, -0.15) is 0 Å². The van der Waals surface area contributed by atoms with Crippen molar-refractivity contribution < 1.29 is 8.83 Å². The molecule has 4 aromatic rings. The molecule has 0 saturated heterocycles. The van der Waals surface area contributed by atoms with Gasteiger partial charge in [0.2, 0.25) is 11.0 Å². The number of nitrogens with one attached hydrogen (secondary N) is 1. The molecule has 0 fully saturated rings. The topological polar surface area (TPSA) is 77.0 Å². The van der Waals surface area contributed by atoms with Gasteiger partial charge >= 0.3 is 0 Å². The van der Waals surface area contributed by atoms with Crippen LogP contribution in [0.2, 0.25) is 0 Å². The van der Waals surface area contributed by atoms with Gasteiger partial charge in [0.15, 0.2) is 10.1 Å². The molecule has 3 heterocycles. The second-order valence-corrected chi connectivity index (χ2v) is 7.28. The lowest BCUT2D eigenvalue weighted by Crippen LogP contribution is -1.96. The summed E-state index contributed by atoms with van der Waals surface area (Å²) >= 11 is 3.05. The standard InChI is InChI=1S/C17H14N4O2S2/c1-2-5-12(6-3-1)14-10-18-15(23-14)11-24-17-21-20-16(25-17)19-9-13-7-4-8-22-13/h1-8,10H,9,11H2,(H,19,20). The van der Waals surface area contributed by atoms with Crippen molar-refractivity contribution in [2.24, 2.45) is 0 Å². The number of furan rings is 1. The second-order valence-electron chi connectivity index (χ2n) is 5.08. The number of oxazole rings is 1. The van der Waals surface area contributed by atoms with Gasteiger partial charge in [-0.1, -0.05) is 53.4 Å². The van der Waals surface area contributed by atoms with Crippen LogP contribution in [0.5, 0.6) is 0 Å². The van der Waals surface area contributed by atoms with Gasteiger partial charge in [-0.3, -0.25) is 0 Å². The molecule has 126 valence electrons. The minimum absolute atomic E-state index is 0.590. The predicted octanol–water partition coefficient (Wildman–Crippen LogP) is 4.69. The lowest BCUT2D eigenvalue weighted by Gasteiger charge is -1.97. The van der Waals surface area contributed by atoms with E-state index in [0.29, 0.717) is 18.2 Å². The molecular weight excluding hydrogens is 356 g/mol. The Morgan fingerprint density at radius 2 is 2.00 bits per heavy atom. The van der Waals surface area contributed by atoms with Crippen molar-refractivity contribution in [1.29, 1.82) is 0 Å². The lowest BCUT2D eigenvalue weighted by atomic mass is 10.2. The minimum atomic E-state index is 0.590. The molecule has 0 bridgehead atoms. The summed E-state index contributed by atoms with van der Waals surface area (Å²) in [4.78, 5) is 4.33. The smallest absolute Gasteiger partial charge is 0.206 e. The summed E-state index contributed by atoms with van der Waals surface area (Å²) in [6.07, 6.45) is 3.40. The van der Waals surface area contributed by atoms with Gasteiger partial charge in [0.1, 0.15) is 5.76 Å². The first kappa shape index (κ1) is 15.9. The van der Waals surface area contributed by atoms with E-state index in [-0.39, 0.29) is 0 Å². The summed E-state index contributed by atoms with van der Waals surface area (Å²) < 4.78 is 11.9. The molecule has 0 aliphatic carbocycles. The average molecular weight is 370 g/mol. The van der Waals surface area contributed by atoms with Crippen LogP contribution in [-0.2, 0) is 12.3 Å².